The number of ether oxygens (including phenoxy) is 6. The number of aliphatic hydroxyl groups is 2. The van der Waals surface area contributed by atoms with Crippen LogP contribution in [-0.2, 0) is 96.5 Å². The number of benzene rings is 2. The number of rotatable bonds is 36. The van der Waals surface area contributed by atoms with Crippen LogP contribution in [0.5, 0.6) is 0 Å². The number of nitrogens with two attached hydrogens (primary N) is 4. The van der Waals surface area contributed by atoms with Gasteiger partial charge in [0.25, 0.3) is 0 Å². The molecular formula is C72H78N22O30P4S2. The molecule has 2 aromatic carbocycles. The Kier molecular flexibility index (Phi) is 30.4. The second kappa shape index (κ2) is 41.2. The van der Waals surface area contributed by atoms with Crippen LogP contribution in [-0.4, -0.2) is 219 Å². The molecule has 4 saturated heterocycles. The molecule has 6 unspecified atom stereocenters. The van der Waals surface area contributed by atoms with Gasteiger partial charge in [0, 0.05) is 38.1 Å². The number of nitriles is 2. The lowest BCUT2D eigenvalue weighted by atomic mass is 10.1. The summed E-state index contributed by atoms with van der Waals surface area (Å²) in [5.74, 6) is -3.02. The van der Waals surface area contributed by atoms with Crippen molar-refractivity contribution in [2.24, 2.45) is 0 Å². The number of hydrogen-bond donors (Lipinski definition) is 14. The fourth-order valence-corrected chi connectivity index (χ4v) is 18.1. The van der Waals surface area contributed by atoms with Crippen molar-refractivity contribution in [3.05, 3.63) is 177 Å². The first-order valence-corrected chi connectivity index (χ1v) is 46.0. The summed E-state index contributed by atoms with van der Waals surface area (Å²) >= 11 is 2.10. The van der Waals surface area contributed by atoms with Crippen LogP contribution in [0.25, 0.3) is 43.2 Å². The van der Waals surface area contributed by atoms with Gasteiger partial charge >= 0.3 is 54.6 Å². The summed E-state index contributed by atoms with van der Waals surface area (Å²) < 4.78 is 121. The van der Waals surface area contributed by atoms with Crippen molar-refractivity contribution in [2.75, 3.05) is 49.4 Å². The van der Waals surface area contributed by atoms with Crippen molar-refractivity contribution >= 4 is 123 Å². The monoisotopic (exact) mass is 1920 g/mol. The van der Waals surface area contributed by atoms with Gasteiger partial charge in [0.1, 0.15) is 107 Å². The number of aliphatic hydroxyl groups excluding tert-OH is 2. The molecular weight excluding hydrogens is 1840 g/mol. The van der Waals surface area contributed by atoms with E-state index in [0.717, 1.165) is 44.5 Å². The van der Waals surface area contributed by atoms with E-state index in [2.05, 4.69) is 82.7 Å². The van der Waals surface area contributed by atoms with Crippen molar-refractivity contribution in [3.63, 3.8) is 0 Å². The van der Waals surface area contributed by atoms with Crippen LogP contribution in [0.15, 0.2) is 133 Å². The molecule has 0 radical (unpaired) electrons. The molecule has 52 nitrogen and oxygen atoms in total. The standard InChI is InChI=1S/2C36H39N11O15P2S/c2*1-2-3-4-24(48)40-13-25-45-27(31(65-25)19-7-5-18(12-37)6-8-19)35(50)61-30-22(60-34(29(30)49)47-17-43-28-32(39)41-16-42-33(28)47)15-58-64(55,56)62-20-11-26(46-10-9-23(38)44-36(46)51)59-21(20)14-57-63(52,53)54/h2*2,5-10,16-17,20-22,26,29-30,34,49H,1,3-4,11,13-15H2,(H,40,48)(H,55,56)(H2,38,44,51)(H2,39,41,42)(H2,52,53,54)/t2*20?,21-,22-,26-,29+,30?,34-/m11/s1. The molecule has 18 N–H and O–H groups in total. The van der Waals surface area contributed by atoms with Gasteiger partial charge in [0.2, 0.25) is 11.8 Å². The molecule has 2 amide bonds. The number of nitrogens with zero attached hydrogens (tertiary/aromatic N) is 16. The number of thiazole rings is 2. The maximum atomic E-state index is 14.2. The maximum absolute atomic E-state index is 14.2. The highest BCUT2D eigenvalue weighted by molar-refractivity contribution is 7.47. The van der Waals surface area contributed by atoms with Crippen LogP contribution in [0.1, 0.15) is 106 Å². The minimum atomic E-state index is -5.26. The van der Waals surface area contributed by atoms with Crippen molar-refractivity contribution in [1.29, 1.82) is 10.5 Å². The first kappa shape index (κ1) is 95.9. The number of anilines is 4. The van der Waals surface area contributed by atoms with E-state index in [-0.39, 0.29) is 117 Å². The molecule has 12 heterocycles. The molecule has 14 rings (SSSR count). The van der Waals surface area contributed by atoms with E-state index in [1.54, 1.807) is 36.4 Å². The Bertz CT molecular complexity index is 5930. The molecule has 130 heavy (non-hydrogen) atoms. The summed E-state index contributed by atoms with van der Waals surface area (Å²) in [6, 6.07) is 19.0. The zero-order valence-electron chi connectivity index (χ0n) is 67.0. The van der Waals surface area contributed by atoms with E-state index >= 15 is 0 Å². The highest BCUT2D eigenvalue weighted by atomic mass is 32.1. The van der Waals surface area contributed by atoms with Crippen LogP contribution in [0.3, 0.4) is 0 Å². The SMILES string of the molecule is C=CCCC(=O)NCc1nc(C(=O)OC2[C@@H](COP(=O)(O)OC3C[C@H](n4ccc(N)nc4=O)O[C@@H]3COP(=O)(O)O)O[C@@H](n3cnc4c(N)ncnc43)[C@H]2O)c(-c2ccc(C#N)cc2)s1.C=CCCC(=O)NCc1nc(C(=O)OC2[C@@H](COP(=O)(O)OC3C[C@H](n4ccc(N)nc4=O)O[C@@H]3COP(=O)(O)O)O[C@@H](n3cnc4c(N)ncnc43)[C@H]2O)c(-c2ccc(C#N)cc2)s1. The van der Waals surface area contributed by atoms with Gasteiger partial charge in [-0.25, -0.2) is 77.3 Å². The Labute approximate surface area is 738 Å². The molecule has 4 aliphatic heterocycles. The highest BCUT2D eigenvalue weighted by Gasteiger charge is 2.53. The topological polar surface area (TPSA) is 768 Å². The predicted octanol–water partition coefficient (Wildman–Crippen LogP) is 2.42. The largest absolute Gasteiger partial charge is 0.472 e. The number of fused-ring (bicyclic) bond motifs is 2. The number of esters is 2. The maximum Gasteiger partial charge on any atom is 0.472 e. The highest BCUT2D eigenvalue weighted by Crippen LogP contribution is 2.53. The third kappa shape index (κ3) is 23.5. The average Bonchev–Trinajstić information content (AvgIpc) is 1.60. The smallest absolute Gasteiger partial charge is 0.452 e. The summed E-state index contributed by atoms with van der Waals surface area (Å²) in [6.07, 6.45) is -10.5. The Morgan fingerprint density at radius 1 is 0.523 bits per heavy atom. The number of carbonyl (C=O) groups excluding carboxylic acids is 4. The van der Waals surface area contributed by atoms with Crippen LogP contribution >= 0.6 is 54.0 Å². The number of imidazole rings is 2. The lowest BCUT2D eigenvalue weighted by Gasteiger charge is -2.23. The number of nitrogens with one attached hydrogen (secondary N) is 2. The van der Waals surface area contributed by atoms with Crippen LogP contribution in [0.2, 0.25) is 0 Å². The molecule has 0 bridgehead atoms. The van der Waals surface area contributed by atoms with Crippen molar-refractivity contribution < 1.29 is 133 Å². The van der Waals surface area contributed by atoms with Gasteiger partial charge in [-0.05, 0) is 60.4 Å². The first-order valence-electron chi connectivity index (χ1n) is 38.3. The molecule has 0 saturated carbocycles. The van der Waals surface area contributed by atoms with Gasteiger partial charge in [-0.3, -0.25) is 55.0 Å². The molecule has 0 aliphatic carbocycles. The van der Waals surface area contributed by atoms with Gasteiger partial charge in [-0.15, -0.1) is 35.8 Å². The van der Waals surface area contributed by atoms with Gasteiger partial charge < -0.3 is 102 Å². The average molecular weight is 1920 g/mol. The Hall–Kier alpha value is -11.7. The molecule has 16 atom stereocenters. The van der Waals surface area contributed by atoms with Crippen molar-refractivity contribution in [2.45, 2.75) is 138 Å². The summed E-state index contributed by atoms with van der Waals surface area (Å²) in [7, 11) is -20.7. The van der Waals surface area contributed by atoms with Crippen LogP contribution < -0.4 is 44.9 Å². The second-order valence-electron chi connectivity index (χ2n) is 28.4. The molecule has 58 heteroatoms. The normalized spacial score (nSPS) is 22.9. The van der Waals surface area contributed by atoms with Gasteiger partial charge in [0.05, 0.1) is 85.2 Å². The van der Waals surface area contributed by atoms with Crippen molar-refractivity contribution in [1.82, 2.24) is 78.7 Å². The number of nitrogen functional groups attached to an aromatic ring is 4. The Morgan fingerprint density at radius 3 is 1.25 bits per heavy atom. The number of aromatic nitrogens is 14. The molecule has 4 aliphatic rings. The Morgan fingerprint density at radius 2 is 0.900 bits per heavy atom. The Balaban J connectivity index is 0.000000222. The fourth-order valence-electron chi connectivity index (χ4n) is 13.5. The van der Waals surface area contributed by atoms with E-state index in [0.29, 0.717) is 45.1 Å². The second-order valence-corrected chi connectivity index (χ2v) is 35.8. The van der Waals surface area contributed by atoms with E-state index < -0.39 is 167 Å². The third-order valence-electron chi connectivity index (χ3n) is 19.6. The number of hydrogen-bond acceptors (Lipinski definition) is 42. The zero-order valence-corrected chi connectivity index (χ0v) is 72.2. The van der Waals surface area contributed by atoms with Gasteiger partial charge in [-0.2, -0.15) is 20.5 Å². The summed E-state index contributed by atoms with van der Waals surface area (Å²) in [6.45, 7) is 3.53. The van der Waals surface area contributed by atoms with Gasteiger partial charge in [-0.1, -0.05) is 36.4 Å². The minimum Gasteiger partial charge on any atom is -0.452 e. The summed E-state index contributed by atoms with van der Waals surface area (Å²) in [5.41, 5.74) is 22.9. The van der Waals surface area contributed by atoms with E-state index in [9.17, 15) is 97.1 Å². The zero-order chi connectivity index (χ0) is 93.3. The van der Waals surface area contributed by atoms with Crippen LogP contribution in [0, 0.1) is 22.7 Å². The van der Waals surface area contributed by atoms with E-state index in [1.807, 2.05) is 12.1 Å². The number of carbonyl (C=O) groups is 4. The molecule has 4 fully saturated rings. The summed E-state index contributed by atoms with van der Waals surface area (Å²) in [4.78, 5) is 179. The predicted molar refractivity (Wildman–Crippen MR) is 445 cm³/mol. The number of phosphoric acid groups is 4. The van der Waals surface area contributed by atoms with E-state index in [4.69, 9.17) is 69.5 Å². The quantitative estimate of drug-likeness (QED) is 0.0152. The molecule has 8 aromatic heterocycles. The minimum absolute atomic E-state index is 0.00538. The van der Waals surface area contributed by atoms with Gasteiger partial charge in [0.15, 0.2) is 59.0 Å². The molecule has 0 spiro atoms. The lowest BCUT2D eigenvalue weighted by Crippen LogP contribution is -2.38. The van der Waals surface area contributed by atoms with Crippen molar-refractivity contribution in [3.8, 4) is 33.0 Å². The first-order chi connectivity index (χ1) is 61.9. The number of amides is 2. The number of phosphoric ester groups is 4. The van der Waals surface area contributed by atoms with E-state index in [1.165, 1.54) is 70.6 Å². The molecule has 688 valence electrons. The fraction of sp³-hybridized carbons (Fsp3) is 0.361. The summed E-state index contributed by atoms with van der Waals surface area (Å²) in [5, 5.41) is 48.3. The lowest BCUT2D eigenvalue weighted by molar-refractivity contribution is -0.122. The van der Waals surface area contributed by atoms with Crippen LogP contribution in [0.4, 0.5) is 23.3 Å². The number of allylic oxidation sites excluding steroid dienone is 2. The third-order valence-corrected chi connectivity index (χ3v) is 24.8. The molecule has 10 aromatic rings.